The van der Waals surface area contributed by atoms with E-state index in [0.29, 0.717) is 5.75 Å². The first-order chi connectivity index (χ1) is 13.7. The van der Waals surface area contributed by atoms with E-state index in [1.807, 2.05) is 24.3 Å². The molecule has 0 atom stereocenters. The molecule has 0 radical (unpaired) electrons. The van der Waals surface area contributed by atoms with Crippen LogP contribution in [0.2, 0.25) is 0 Å². The predicted molar refractivity (Wildman–Crippen MR) is 112 cm³/mol. The number of hydrogen-bond donors (Lipinski definition) is 2. The number of amides is 3. The Labute approximate surface area is 177 Å². The number of rotatable bonds is 6. The highest BCUT2D eigenvalue weighted by Gasteiger charge is 2.18. The highest BCUT2D eigenvalue weighted by Crippen LogP contribution is 2.22. The second kappa shape index (κ2) is 10.1. The molecule has 0 spiro atoms. The van der Waals surface area contributed by atoms with E-state index in [1.165, 1.54) is 0 Å². The normalized spacial score (nSPS) is 10.8. The number of para-hydroxylation sites is 1. The van der Waals surface area contributed by atoms with Gasteiger partial charge in [-0.3, -0.25) is 10.1 Å². The summed E-state index contributed by atoms with van der Waals surface area (Å²) >= 11 is 3.45. The number of nitrogens with one attached hydrogen (secondary N) is 2. The topological polar surface area (TPSA) is 93.7 Å². The average Bonchev–Trinajstić information content (AvgIpc) is 2.64. The van der Waals surface area contributed by atoms with Gasteiger partial charge in [-0.2, -0.15) is 0 Å². The summed E-state index contributed by atoms with van der Waals surface area (Å²) < 4.78 is 11.7. The fraction of sp³-hybridized carbons (Fsp3) is 0.286. The molecule has 0 aliphatic heterocycles. The molecule has 8 heteroatoms. The maximum Gasteiger partial charge on any atom is 0.342 e. The van der Waals surface area contributed by atoms with Crippen molar-refractivity contribution in [3.8, 4) is 5.75 Å². The molecule has 154 valence electrons. The number of carbonyl (C=O) groups is 3. The average molecular weight is 463 g/mol. The van der Waals surface area contributed by atoms with Gasteiger partial charge >= 0.3 is 12.0 Å². The van der Waals surface area contributed by atoms with Crippen LogP contribution < -0.4 is 15.4 Å². The molecule has 0 saturated carbocycles. The van der Waals surface area contributed by atoms with Gasteiger partial charge in [0.1, 0.15) is 17.9 Å². The highest BCUT2D eigenvalue weighted by molar-refractivity contribution is 9.10. The summed E-state index contributed by atoms with van der Waals surface area (Å²) in [5.74, 6) is -1.12. The summed E-state index contributed by atoms with van der Waals surface area (Å²) in [6.45, 7) is 5.00. The Bertz CT molecular complexity index is 893. The number of ether oxygens (including phenoxy) is 2. The number of halogens is 1. The molecule has 7 nitrogen and oxygen atoms in total. The van der Waals surface area contributed by atoms with Gasteiger partial charge in [-0.15, -0.1) is 0 Å². The molecular formula is C21H23BrN2O5. The van der Waals surface area contributed by atoms with Gasteiger partial charge in [-0.25, -0.2) is 9.59 Å². The zero-order chi connectivity index (χ0) is 21.4. The van der Waals surface area contributed by atoms with Gasteiger partial charge in [0.2, 0.25) is 0 Å². The van der Waals surface area contributed by atoms with Crippen molar-refractivity contribution >= 4 is 33.8 Å². The molecule has 0 fully saturated rings. The summed E-state index contributed by atoms with van der Waals surface area (Å²) in [5, 5.41) is 4.69. The number of imide groups is 1. The minimum Gasteiger partial charge on any atom is -0.488 e. The maximum atomic E-state index is 12.4. The lowest BCUT2D eigenvalue weighted by Crippen LogP contribution is -2.49. The lowest BCUT2D eigenvalue weighted by Gasteiger charge is -2.20. The fourth-order valence-electron chi connectivity index (χ4n) is 2.28. The third-order valence-electron chi connectivity index (χ3n) is 3.52. The zero-order valence-corrected chi connectivity index (χ0v) is 18.0. The molecule has 29 heavy (non-hydrogen) atoms. The Morgan fingerprint density at radius 1 is 1.00 bits per heavy atom. The molecule has 0 heterocycles. The Kier molecular flexibility index (Phi) is 7.78. The van der Waals surface area contributed by atoms with Gasteiger partial charge in [0, 0.05) is 15.6 Å². The first kappa shape index (κ1) is 22.4. The minimum absolute atomic E-state index is 0.187. The van der Waals surface area contributed by atoms with Crippen LogP contribution in [-0.2, 0) is 16.1 Å². The Balaban J connectivity index is 1.93. The standard InChI is InChI=1S/C21H23BrN2O5/c1-21(2,3)24-20(27)23-18(25)13-29-19(26)15-9-5-7-11-17(15)28-12-14-8-4-6-10-16(14)22/h4-11H,12-13H2,1-3H3,(H2,23,24,25,27). The van der Waals surface area contributed by atoms with Crippen LogP contribution in [-0.4, -0.2) is 30.1 Å². The number of urea groups is 1. The van der Waals surface area contributed by atoms with Crippen LogP contribution in [0.4, 0.5) is 4.79 Å². The van der Waals surface area contributed by atoms with Crippen LogP contribution in [0.25, 0.3) is 0 Å². The van der Waals surface area contributed by atoms with Crippen LogP contribution in [0.3, 0.4) is 0 Å². The molecule has 3 amide bonds. The third-order valence-corrected chi connectivity index (χ3v) is 4.30. The van der Waals surface area contributed by atoms with Gasteiger partial charge in [-0.1, -0.05) is 46.3 Å². The molecule has 2 aromatic carbocycles. The van der Waals surface area contributed by atoms with Gasteiger partial charge in [0.15, 0.2) is 6.61 Å². The van der Waals surface area contributed by atoms with Gasteiger partial charge in [0.25, 0.3) is 5.91 Å². The summed E-state index contributed by atoms with van der Waals surface area (Å²) in [5.41, 5.74) is 0.608. The molecule has 0 aliphatic carbocycles. The second-order valence-electron chi connectivity index (χ2n) is 7.20. The highest BCUT2D eigenvalue weighted by atomic mass is 79.9. The third kappa shape index (κ3) is 7.57. The Hall–Kier alpha value is -2.87. The van der Waals surface area contributed by atoms with E-state index in [2.05, 4.69) is 26.6 Å². The van der Waals surface area contributed by atoms with E-state index < -0.39 is 30.1 Å². The molecular weight excluding hydrogens is 440 g/mol. The zero-order valence-electron chi connectivity index (χ0n) is 16.5. The molecule has 2 N–H and O–H groups in total. The fourth-order valence-corrected chi connectivity index (χ4v) is 2.67. The van der Waals surface area contributed by atoms with Crippen LogP contribution in [0.15, 0.2) is 53.0 Å². The van der Waals surface area contributed by atoms with E-state index in [4.69, 9.17) is 9.47 Å². The molecule has 0 bridgehead atoms. The lowest BCUT2D eigenvalue weighted by molar-refractivity contribution is -0.123. The molecule has 0 aliphatic rings. The van der Waals surface area contributed by atoms with Gasteiger partial charge in [0.05, 0.1) is 0 Å². The van der Waals surface area contributed by atoms with Gasteiger partial charge in [-0.05, 0) is 39.0 Å². The predicted octanol–water partition coefficient (Wildman–Crippen LogP) is 3.81. The van der Waals surface area contributed by atoms with Crippen LogP contribution >= 0.6 is 15.9 Å². The first-order valence-electron chi connectivity index (χ1n) is 8.90. The van der Waals surface area contributed by atoms with Crippen molar-refractivity contribution in [2.45, 2.75) is 32.9 Å². The molecule has 0 aromatic heterocycles. The lowest BCUT2D eigenvalue weighted by atomic mass is 10.1. The Morgan fingerprint density at radius 2 is 1.66 bits per heavy atom. The van der Waals surface area contributed by atoms with E-state index >= 15 is 0 Å². The van der Waals surface area contributed by atoms with E-state index in [9.17, 15) is 14.4 Å². The van der Waals surface area contributed by atoms with Crippen molar-refractivity contribution in [3.63, 3.8) is 0 Å². The van der Waals surface area contributed by atoms with E-state index in [1.54, 1.807) is 45.0 Å². The van der Waals surface area contributed by atoms with Crippen molar-refractivity contribution < 1.29 is 23.9 Å². The molecule has 0 unspecified atom stereocenters. The van der Waals surface area contributed by atoms with E-state index in [0.717, 1.165) is 10.0 Å². The van der Waals surface area contributed by atoms with Gasteiger partial charge < -0.3 is 14.8 Å². The number of carbonyl (C=O) groups excluding carboxylic acids is 3. The smallest absolute Gasteiger partial charge is 0.342 e. The summed E-state index contributed by atoms with van der Waals surface area (Å²) in [6.07, 6.45) is 0. The van der Waals surface area contributed by atoms with Crippen LogP contribution in [0.5, 0.6) is 5.75 Å². The summed E-state index contributed by atoms with van der Waals surface area (Å²) in [6, 6.07) is 13.5. The number of benzene rings is 2. The van der Waals surface area contributed by atoms with Crippen molar-refractivity contribution in [1.82, 2.24) is 10.6 Å². The summed E-state index contributed by atoms with van der Waals surface area (Å²) in [7, 11) is 0. The van der Waals surface area contributed by atoms with Crippen LogP contribution in [0, 0.1) is 0 Å². The maximum absolute atomic E-state index is 12.4. The first-order valence-corrected chi connectivity index (χ1v) is 9.69. The number of hydrogen-bond acceptors (Lipinski definition) is 5. The van der Waals surface area contributed by atoms with E-state index in [-0.39, 0.29) is 12.2 Å². The largest absolute Gasteiger partial charge is 0.488 e. The quantitative estimate of drug-likeness (QED) is 0.636. The molecule has 2 rings (SSSR count). The van der Waals surface area contributed by atoms with Crippen molar-refractivity contribution in [1.29, 1.82) is 0 Å². The second-order valence-corrected chi connectivity index (χ2v) is 8.06. The minimum atomic E-state index is -0.730. The molecule has 2 aromatic rings. The SMILES string of the molecule is CC(C)(C)NC(=O)NC(=O)COC(=O)c1ccccc1OCc1ccccc1Br. The summed E-state index contributed by atoms with van der Waals surface area (Å²) in [4.78, 5) is 35.9. The molecule has 0 saturated heterocycles. The van der Waals surface area contributed by atoms with Crippen LogP contribution in [0.1, 0.15) is 36.7 Å². The Morgan fingerprint density at radius 3 is 2.34 bits per heavy atom. The number of esters is 1. The van der Waals surface area contributed by atoms with Crippen molar-refractivity contribution in [2.24, 2.45) is 0 Å². The van der Waals surface area contributed by atoms with Crippen molar-refractivity contribution in [3.05, 3.63) is 64.1 Å². The monoisotopic (exact) mass is 462 g/mol. The van der Waals surface area contributed by atoms with Crippen molar-refractivity contribution in [2.75, 3.05) is 6.61 Å².